The highest BCUT2D eigenvalue weighted by Crippen LogP contribution is 2.39. The SMILES string of the molecule is Cc1nc(-c2ccc3c(c2)CN(C(CCC(=O)OC(C)(C)C)C(N)=O)C3=O)c(C2CCCCC2)n1C. The lowest BCUT2D eigenvalue weighted by molar-refractivity contribution is -0.155. The molecule has 1 fully saturated rings. The maximum Gasteiger partial charge on any atom is 0.306 e. The van der Waals surface area contributed by atoms with Crippen molar-refractivity contribution in [2.45, 2.75) is 96.7 Å². The van der Waals surface area contributed by atoms with Crippen molar-refractivity contribution in [1.29, 1.82) is 0 Å². The van der Waals surface area contributed by atoms with Crippen molar-refractivity contribution in [2.24, 2.45) is 12.8 Å². The van der Waals surface area contributed by atoms with Gasteiger partial charge in [0.25, 0.3) is 5.91 Å². The Morgan fingerprint density at radius 2 is 1.89 bits per heavy atom. The van der Waals surface area contributed by atoms with Crippen LogP contribution in [0.5, 0.6) is 0 Å². The molecule has 2 aliphatic rings. The van der Waals surface area contributed by atoms with E-state index >= 15 is 0 Å². The second-order valence-electron chi connectivity index (χ2n) is 11.1. The Morgan fingerprint density at radius 1 is 1.19 bits per heavy atom. The first kappa shape index (κ1) is 25.9. The molecule has 36 heavy (non-hydrogen) atoms. The standard InChI is InChI=1S/C28H38N4O4/c1-17-30-24(25(31(17)5)18-9-7-6-8-10-18)19-11-12-21-20(15-19)16-32(27(21)35)22(26(29)34)13-14-23(33)36-28(2,3)4/h11-12,15,18,22H,6-10,13-14,16H2,1-5H3,(H2,29,34). The highest BCUT2D eigenvalue weighted by Gasteiger charge is 2.36. The van der Waals surface area contributed by atoms with E-state index in [1.54, 1.807) is 20.8 Å². The lowest BCUT2D eigenvalue weighted by Gasteiger charge is -2.25. The molecule has 2 aromatic rings. The van der Waals surface area contributed by atoms with Crippen LogP contribution in [0, 0.1) is 6.92 Å². The first-order chi connectivity index (χ1) is 17.0. The zero-order valence-corrected chi connectivity index (χ0v) is 22.1. The maximum atomic E-state index is 13.2. The monoisotopic (exact) mass is 494 g/mol. The number of aromatic nitrogens is 2. The lowest BCUT2D eigenvalue weighted by Crippen LogP contribution is -2.45. The van der Waals surface area contributed by atoms with Gasteiger partial charge in [-0.1, -0.05) is 25.3 Å². The van der Waals surface area contributed by atoms with Crippen molar-refractivity contribution >= 4 is 17.8 Å². The first-order valence-electron chi connectivity index (χ1n) is 12.9. The van der Waals surface area contributed by atoms with Gasteiger partial charge in [-0.15, -0.1) is 0 Å². The summed E-state index contributed by atoms with van der Waals surface area (Å²) in [5.41, 5.74) is 9.69. The first-order valence-corrected chi connectivity index (χ1v) is 12.9. The summed E-state index contributed by atoms with van der Waals surface area (Å²) in [5.74, 6) is 0.174. The number of nitrogens with zero attached hydrogens (tertiary/aromatic N) is 3. The van der Waals surface area contributed by atoms with Crippen molar-refractivity contribution in [3.05, 3.63) is 40.8 Å². The fourth-order valence-corrected chi connectivity index (χ4v) is 5.52. The average molecular weight is 495 g/mol. The number of aryl methyl sites for hydroxylation is 1. The summed E-state index contributed by atoms with van der Waals surface area (Å²) < 4.78 is 7.56. The number of benzene rings is 1. The Hall–Kier alpha value is -3.16. The lowest BCUT2D eigenvalue weighted by atomic mass is 9.85. The summed E-state index contributed by atoms with van der Waals surface area (Å²) in [6, 6.07) is 4.92. The predicted octanol–water partition coefficient (Wildman–Crippen LogP) is 4.37. The van der Waals surface area contributed by atoms with Crippen LogP contribution in [-0.2, 0) is 27.9 Å². The largest absolute Gasteiger partial charge is 0.460 e. The second kappa shape index (κ2) is 10.1. The van der Waals surface area contributed by atoms with Crippen LogP contribution >= 0.6 is 0 Å². The van der Waals surface area contributed by atoms with Gasteiger partial charge < -0.3 is 19.9 Å². The van der Waals surface area contributed by atoms with E-state index in [9.17, 15) is 14.4 Å². The highest BCUT2D eigenvalue weighted by molar-refractivity contribution is 6.01. The number of amides is 2. The van der Waals surface area contributed by atoms with Crippen LogP contribution in [-0.4, -0.2) is 43.9 Å². The van der Waals surface area contributed by atoms with Gasteiger partial charge in [0.2, 0.25) is 5.91 Å². The summed E-state index contributed by atoms with van der Waals surface area (Å²) in [4.78, 5) is 44.1. The van der Waals surface area contributed by atoms with Gasteiger partial charge in [-0.2, -0.15) is 0 Å². The molecule has 2 N–H and O–H groups in total. The molecule has 1 saturated carbocycles. The molecule has 1 aliphatic heterocycles. The second-order valence-corrected chi connectivity index (χ2v) is 11.1. The van der Waals surface area contributed by atoms with Crippen LogP contribution in [0.25, 0.3) is 11.3 Å². The molecule has 194 valence electrons. The fraction of sp³-hybridized carbons (Fsp3) is 0.571. The molecule has 0 bridgehead atoms. The summed E-state index contributed by atoms with van der Waals surface area (Å²) in [6.07, 6.45) is 6.23. The van der Waals surface area contributed by atoms with E-state index in [1.165, 1.54) is 42.7 Å². The van der Waals surface area contributed by atoms with E-state index in [0.29, 0.717) is 11.5 Å². The molecule has 0 spiro atoms. The van der Waals surface area contributed by atoms with E-state index in [-0.39, 0.29) is 25.3 Å². The van der Waals surface area contributed by atoms with Gasteiger partial charge in [0, 0.05) is 42.8 Å². The van der Waals surface area contributed by atoms with Crippen LogP contribution in [0.15, 0.2) is 18.2 Å². The summed E-state index contributed by atoms with van der Waals surface area (Å²) >= 11 is 0. The molecule has 0 saturated heterocycles. The number of ether oxygens (including phenoxy) is 1. The minimum Gasteiger partial charge on any atom is -0.460 e. The van der Waals surface area contributed by atoms with Gasteiger partial charge in [0.1, 0.15) is 17.5 Å². The van der Waals surface area contributed by atoms with E-state index in [0.717, 1.165) is 22.6 Å². The van der Waals surface area contributed by atoms with E-state index in [1.807, 2.05) is 25.1 Å². The Kier molecular flexibility index (Phi) is 7.25. The van der Waals surface area contributed by atoms with Crippen molar-refractivity contribution in [3.8, 4) is 11.3 Å². The van der Waals surface area contributed by atoms with Gasteiger partial charge >= 0.3 is 5.97 Å². The maximum absolute atomic E-state index is 13.2. The molecule has 2 amide bonds. The smallest absolute Gasteiger partial charge is 0.306 e. The molecular formula is C28H38N4O4. The number of rotatable bonds is 7. The van der Waals surface area contributed by atoms with Crippen molar-refractivity contribution < 1.29 is 19.1 Å². The van der Waals surface area contributed by atoms with E-state index in [4.69, 9.17) is 15.5 Å². The van der Waals surface area contributed by atoms with Crippen LogP contribution < -0.4 is 5.73 Å². The Balaban J connectivity index is 1.57. The molecule has 1 aromatic heterocycles. The number of carbonyl (C=O) groups excluding carboxylic acids is 3. The highest BCUT2D eigenvalue weighted by atomic mass is 16.6. The van der Waals surface area contributed by atoms with Gasteiger partial charge in [-0.05, 0) is 64.7 Å². The fourth-order valence-electron chi connectivity index (χ4n) is 5.52. The molecule has 1 atom stereocenters. The molecule has 8 heteroatoms. The summed E-state index contributed by atoms with van der Waals surface area (Å²) in [5, 5.41) is 0. The molecule has 1 aliphatic carbocycles. The number of carbonyl (C=O) groups is 3. The van der Waals surface area contributed by atoms with Gasteiger partial charge in [0.15, 0.2) is 0 Å². The zero-order chi connectivity index (χ0) is 26.2. The van der Waals surface area contributed by atoms with Gasteiger partial charge in [-0.3, -0.25) is 14.4 Å². The number of hydrogen-bond donors (Lipinski definition) is 1. The van der Waals surface area contributed by atoms with Crippen molar-refractivity contribution in [3.63, 3.8) is 0 Å². The molecule has 2 heterocycles. The molecule has 8 nitrogen and oxygen atoms in total. The number of fused-ring (bicyclic) bond motifs is 1. The Labute approximate surface area is 213 Å². The summed E-state index contributed by atoms with van der Waals surface area (Å²) in [6.45, 7) is 7.66. The normalized spacial score (nSPS) is 17.2. The topological polar surface area (TPSA) is 108 Å². The van der Waals surface area contributed by atoms with E-state index < -0.39 is 23.5 Å². The molecule has 0 radical (unpaired) electrons. The molecule has 4 rings (SSSR count). The average Bonchev–Trinajstić information content (AvgIpc) is 3.29. The quantitative estimate of drug-likeness (QED) is 0.575. The Bertz CT molecular complexity index is 1170. The van der Waals surface area contributed by atoms with Gasteiger partial charge in [0.05, 0.1) is 5.69 Å². The number of imidazole rings is 1. The molecular weight excluding hydrogens is 456 g/mol. The van der Waals surface area contributed by atoms with Crippen LogP contribution in [0.2, 0.25) is 0 Å². The number of hydrogen-bond acceptors (Lipinski definition) is 5. The Morgan fingerprint density at radius 3 is 2.53 bits per heavy atom. The number of esters is 1. The molecule has 1 aromatic carbocycles. The van der Waals surface area contributed by atoms with Crippen molar-refractivity contribution in [1.82, 2.24) is 14.5 Å². The van der Waals surface area contributed by atoms with Crippen molar-refractivity contribution in [2.75, 3.05) is 0 Å². The zero-order valence-electron chi connectivity index (χ0n) is 22.1. The number of nitrogens with two attached hydrogens (primary N) is 1. The minimum absolute atomic E-state index is 0.00815. The van der Waals surface area contributed by atoms with Crippen LogP contribution in [0.1, 0.15) is 99.1 Å². The third-order valence-corrected chi connectivity index (χ3v) is 7.31. The predicted molar refractivity (Wildman–Crippen MR) is 137 cm³/mol. The minimum atomic E-state index is -0.879. The van der Waals surface area contributed by atoms with Gasteiger partial charge in [-0.25, -0.2) is 4.98 Å². The third kappa shape index (κ3) is 5.32. The molecule has 1 unspecified atom stereocenters. The number of primary amides is 1. The third-order valence-electron chi connectivity index (χ3n) is 7.31. The summed E-state index contributed by atoms with van der Waals surface area (Å²) in [7, 11) is 2.08. The van der Waals surface area contributed by atoms with Crippen LogP contribution in [0.3, 0.4) is 0 Å². The van der Waals surface area contributed by atoms with Crippen LogP contribution in [0.4, 0.5) is 0 Å². The van der Waals surface area contributed by atoms with E-state index in [2.05, 4.69) is 11.6 Å².